The van der Waals surface area contributed by atoms with Crippen LogP contribution < -0.4 is 5.69 Å². The van der Waals surface area contributed by atoms with Crippen molar-refractivity contribution < 1.29 is 4.42 Å². The lowest BCUT2D eigenvalue weighted by Gasteiger charge is -2.02. The highest BCUT2D eigenvalue weighted by molar-refractivity contribution is 7.98. The van der Waals surface area contributed by atoms with Crippen molar-refractivity contribution in [2.24, 2.45) is 0 Å². The Morgan fingerprint density at radius 1 is 1.50 bits per heavy atom. The minimum Gasteiger partial charge on any atom is -0.440 e. The molecule has 0 atom stereocenters. The van der Waals surface area contributed by atoms with E-state index in [2.05, 4.69) is 15.2 Å². The van der Waals surface area contributed by atoms with Gasteiger partial charge < -0.3 is 4.42 Å². The number of aromatic nitrogens is 4. The number of thioether (sulfide) groups is 1. The number of nitrogens with zero attached hydrogens (tertiary/aromatic N) is 3. The number of oxazole rings is 1. The third-order valence-electron chi connectivity index (χ3n) is 3.13. The summed E-state index contributed by atoms with van der Waals surface area (Å²) < 4.78 is 7.37. The molecule has 6 nitrogen and oxygen atoms in total. The van der Waals surface area contributed by atoms with E-state index < -0.39 is 0 Å². The summed E-state index contributed by atoms with van der Waals surface area (Å²) in [6, 6.07) is 3.96. The molecule has 0 fully saturated rings. The van der Waals surface area contributed by atoms with Gasteiger partial charge in [-0.15, -0.1) is 16.4 Å². The average molecular weight is 336 g/mol. The highest BCUT2D eigenvalue weighted by Crippen LogP contribution is 2.28. The number of rotatable bonds is 6. The molecule has 0 aliphatic rings. The smallest absolute Gasteiger partial charge is 0.343 e. The Labute approximate surface area is 135 Å². The van der Waals surface area contributed by atoms with Crippen LogP contribution in [0.25, 0.3) is 10.8 Å². The summed E-state index contributed by atoms with van der Waals surface area (Å²) >= 11 is 3.09. The monoisotopic (exact) mass is 336 g/mol. The normalized spacial score (nSPS) is 11.2. The molecule has 0 aliphatic carbocycles. The molecule has 0 bridgehead atoms. The first kappa shape index (κ1) is 15.1. The van der Waals surface area contributed by atoms with E-state index in [0.29, 0.717) is 23.3 Å². The number of hydrogen-bond acceptors (Lipinski definition) is 6. The molecule has 3 rings (SSSR count). The molecular formula is C14H16N4O2S2. The second kappa shape index (κ2) is 6.53. The van der Waals surface area contributed by atoms with Crippen molar-refractivity contribution in [3.05, 3.63) is 39.5 Å². The van der Waals surface area contributed by atoms with Crippen molar-refractivity contribution in [2.75, 3.05) is 0 Å². The van der Waals surface area contributed by atoms with E-state index in [0.717, 1.165) is 22.8 Å². The molecule has 0 radical (unpaired) electrons. The van der Waals surface area contributed by atoms with E-state index in [1.165, 1.54) is 11.8 Å². The third-order valence-corrected chi connectivity index (χ3v) is 4.98. The van der Waals surface area contributed by atoms with E-state index >= 15 is 0 Å². The van der Waals surface area contributed by atoms with E-state index in [9.17, 15) is 4.79 Å². The van der Waals surface area contributed by atoms with Crippen LogP contribution in [0.4, 0.5) is 0 Å². The van der Waals surface area contributed by atoms with Gasteiger partial charge in [-0.05, 0) is 24.8 Å². The van der Waals surface area contributed by atoms with Gasteiger partial charge in [-0.25, -0.2) is 14.9 Å². The first-order valence-electron chi connectivity index (χ1n) is 6.97. The van der Waals surface area contributed by atoms with Gasteiger partial charge in [0, 0.05) is 12.3 Å². The van der Waals surface area contributed by atoms with Crippen molar-refractivity contribution in [2.45, 2.75) is 37.7 Å². The van der Waals surface area contributed by atoms with Crippen LogP contribution in [0, 0.1) is 6.92 Å². The molecule has 0 spiro atoms. The lowest BCUT2D eigenvalue weighted by Crippen LogP contribution is -2.17. The summed E-state index contributed by atoms with van der Waals surface area (Å²) in [5, 5.41) is 9.25. The van der Waals surface area contributed by atoms with Gasteiger partial charge in [0.1, 0.15) is 5.76 Å². The van der Waals surface area contributed by atoms with Gasteiger partial charge in [0.15, 0.2) is 5.16 Å². The Morgan fingerprint density at radius 3 is 3.09 bits per heavy atom. The average Bonchev–Trinajstić information content (AvgIpc) is 3.20. The topological polar surface area (TPSA) is 76.7 Å². The first-order valence-corrected chi connectivity index (χ1v) is 8.83. The standard InChI is InChI=1S/C14H16N4O2S2/c1-3-6-18-13(19)16-17-14(18)22-8-10-9(2)20-12(15-10)11-5-4-7-21-11/h4-5,7H,3,6,8H2,1-2H3,(H,16,19). The van der Waals surface area contributed by atoms with Crippen LogP contribution in [-0.4, -0.2) is 19.7 Å². The second-order valence-electron chi connectivity index (χ2n) is 4.75. The fraction of sp³-hybridized carbons (Fsp3) is 0.357. The van der Waals surface area contributed by atoms with Gasteiger partial charge in [0.25, 0.3) is 0 Å². The van der Waals surface area contributed by atoms with Crippen molar-refractivity contribution in [3.8, 4) is 10.8 Å². The minimum atomic E-state index is -0.166. The van der Waals surface area contributed by atoms with Crippen LogP contribution in [0.3, 0.4) is 0 Å². The molecule has 1 N–H and O–H groups in total. The molecule has 116 valence electrons. The second-order valence-corrected chi connectivity index (χ2v) is 6.64. The van der Waals surface area contributed by atoms with Crippen LogP contribution in [0.2, 0.25) is 0 Å². The van der Waals surface area contributed by atoms with Crippen LogP contribution in [0.15, 0.2) is 31.9 Å². The predicted molar refractivity (Wildman–Crippen MR) is 87.3 cm³/mol. The molecule has 8 heteroatoms. The largest absolute Gasteiger partial charge is 0.440 e. The van der Waals surface area contributed by atoms with Gasteiger partial charge in [0.2, 0.25) is 5.89 Å². The van der Waals surface area contributed by atoms with Crippen LogP contribution in [0.5, 0.6) is 0 Å². The Morgan fingerprint density at radius 2 is 2.36 bits per heavy atom. The summed E-state index contributed by atoms with van der Waals surface area (Å²) in [6.07, 6.45) is 0.887. The first-order chi connectivity index (χ1) is 10.7. The van der Waals surface area contributed by atoms with Crippen LogP contribution >= 0.6 is 23.1 Å². The Balaban J connectivity index is 1.76. The van der Waals surface area contributed by atoms with Crippen molar-refractivity contribution >= 4 is 23.1 Å². The molecule has 0 saturated heterocycles. The summed E-state index contributed by atoms with van der Waals surface area (Å²) in [5.74, 6) is 2.07. The lowest BCUT2D eigenvalue weighted by molar-refractivity contribution is 0.542. The molecular weight excluding hydrogens is 320 g/mol. The summed E-state index contributed by atoms with van der Waals surface area (Å²) in [5.41, 5.74) is 0.715. The zero-order chi connectivity index (χ0) is 15.5. The Hall–Kier alpha value is -1.80. The molecule has 3 aromatic rings. The number of hydrogen-bond donors (Lipinski definition) is 1. The summed E-state index contributed by atoms with van der Waals surface area (Å²) in [7, 11) is 0. The van der Waals surface area contributed by atoms with Gasteiger partial charge in [-0.1, -0.05) is 24.8 Å². The van der Waals surface area contributed by atoms with Crippen molar-refractivity contribution in [3.63, 3.8) is 0 Å². The molecule has 0 saturated carbocycles. The molecule has 3 heterocycles. The lowest BCUT2D eigenvalue weighted by atomic mass is 10.4. The maximum absolute atomic E-state index is 11.7. The highest BCUT2D eigenvalue weighted by Gasteiger charge is 2.14. The number of aromatic amines is 1. The Bertz CT molecular complexity index is 801. The van der Waals surface area contributed by atoms with Crippen molar-refractivity contribution in [1.29, 1.82) is 0 Å². The number of aryl methyl sites for hydroxylation is 1. The summed E-state index contributed by atoms with van der Waals surface area (Å²) in [6.45, 7) is 4.60. The van der Waals surface area contributed by atoms with E-state index in [1.54, 1.807) is 15.9 Å². The fourth-order valence-corrected chi connectivity index (χ4v) is 3.66. The molecule has 0 unspecified atom stereocenters. The van der Waals surface area contributed by atoms with Crippen molar-refractivity contribution in [1.82, 2.24) is 19.7 Å². The zero-order valence-corrected chi connectivity index (χ0v) is 14.0. The molecule has 22 heavy (non-hydrogen) atoms. The van der Waals surface area contributed by atoms with E-state index in [1.807, 2.05) is 31.4 Å². The molecule has 0 aliphatic heterocycles. The predicted octanol–water partition coefficient (Wildman–Crippen LogP) is 3.30. The quantitative estimate of drug-likeness (QED) is 0.699. The SMILES string of the molecule is CCCn1c(SCc2nc(-c3cccs3)oc2C)n[nH]c1=O. The molecule has 0 aromatic carbocycles. The highest BCUT2D eigenvalue weighted by atomic mass is 32.2. The molecule has 0 amide bonds. The van der Waals surface area contributed by atoms with E-state index in [-0.39, 0.29) is 5.69 Å². The maximum Gasteiger partial charge on any atom is 0.343 e. The number of H-pyrrole nitrogens is 1. The van der Waals surface area contributed by atoms with Gasteiger partial charge >= 0.3 is 5.69 Å². The minimum absolute atomic E-state index is 0.166. The third kappa shape index (κ3) is 3.02. The van der Waals surface area contributed by atoms with E-state index in [4.69, 9.17) is 4.42 Å². The van der Waals surface area contributed by atoms with Crippen LogP contribution in [0.1, 0.15) is 24.8 Å². The summed E-state index contributed by atoms with van der Waals surface area (Å²) in [4.78, 5) is 17.2. The fourth-order valence-electron chi connectivity index (χ4n) is 2.03. The maximum atomic E-state index is 11.7. The zero-order valence-electron chi connectivity index (χ0n) is 12.3. The van der Waals surface area contributed by atoms with Gasteiger partial charge in [-0.3, -0.25) is 4.57 Å². The molecule has 3 aromatic heterocycles. The Kier molecular flexibility index (Phi) is 4.49. The number of thiophene rings is 1. The van der Waals surface area contributed by atoms with Gasteiger partial charge in [0.05, 0.1) is 10.6 Å². The van der Waals surface area contributed by atoms with Crippen LogP contribution in [-0.2, 0) is 12.3 Å². The number of nitrogens with one attached hydrogen (secondary N) is 1. The van der Waals surface area contributed by atoms with Gasteiger partial charge in [-0.2, -0.15) is 0 Å².